The summed E-state index contributed by atoms with van der Waals surface area (Å²) in [6.45, 7) is -0.798. The van der Waals surface area contributed by atoms with Crippen LogP contribution in [0.4, 0.5) is 13.2 Å². The molecule has 1 saturated heterocycles. The first-order valence-electron chi connectivity index (χ1n) is 12.1. The van der Waals surface area contributed by atoms with Crippen molar-refractivity contribution in [2.75, 3.05) is 13.1 Å². The van der Waals surface area contributed by atoms with Crippen LogP contribution in [-0.2, 0) is 24.3 Å². The lowest BCUT2D eigenvalue weighted by Crippen LogP contribution is -2.43. The van der Waals surface area contributed by atoms with Gasteiger partial charge in [-0.1, -0.05) is 24.3 Å². The number of nitriles is 1. The lowest BCUT2D eigenvalue weighted by atomic mass is 10.1. The third kappa shape index (κ3) is 5.63. The van der Waals surface area contributed by atoms with Gasteiger partial charge in [0.2, 0.25) is 5.91 Å². The Balaban J connectivity index is 1.14. The zero-order chi connectivity index (χ0) is 27.7. The van der Waals surface area contributed by atoms with Gasteiger partial charge in [-0.2, -0.15) is 5.26 Å². The second-order valence-corrected chi connectivity index (χ2v) is 10.4. The van der Waals surface area contributed by atoms with Gasteiger partial charge in [-0.15, -0.1) is 11.3 Å². The summed E-state index contributed by atoms with van der Waals surface area (Å²) < 4.78 is 41.1. The predicted molar refractivity (Wildman–Crippen MR) is 134 cm³/mol. The number of amides is 3. The average molecular weight is 554 g/mol. The normalized spacial score (nSPS) is 17.5. The highest BCUT2D eigenvalue weighted by atomic mass is 32.1. The fraction of sp³-hybridized carbons (Fsp3) is 0.296. The van der Waals surface area contributed by atoms with Crippen molar-refractivity contribution in [2.45, 2.75) is 37.9 Å². The van der Waals surface area contributed by atoms with E-state index in [2.05, 4.69) is 10.3 Å². The molecule has 0 saturated carbocycles. The fourth-order valence-electron chi connectivity index (χ4n) is 4.69. The van der Waals surface area contributed by atoms with Crippen LogP contribution in [0, 0.1) is 17.1 Å². The highest BCUT2D eigenvalue weighted by molar-refractivity contribution is 7.09. The summed E-state index contributed by atoms with van der Waals surface area (Å²) in [7, 11) is 0. The smallest absolute Gasteiger partial charge is 0.271 e. The maximum absolute atomic E-state index is 14.0. The Labute approximate surface area is 225 Å². The number of nitrogens with one attached hydrogen (secondary N) is 1. The van der Waals surface area contributed by atoms with Crippen molar-refractivity contribution in [3.63, 3.8) is 0 Å². The van der Waals surface area contributed by atoms with Crippen LogP contribution in [0.15, 0.2) is 47.8 Å². The number of hydrogen-bond acceptors (Lipinski definition) is 6. The standard InChI is InChI=1S/C27H22F3N5O3S/c28-21-3-1-2-18-12-34(13-20(18)21)26(38)17-6-4-16(5-7-17)8-23-33-22(14-39-23)25(37)32-11-24(36)35-15-27(29,30)9-19(35)10-31/h1-7,14,19H,8-9,11-13,15H2,(H,32,37)/t19-/m0/s1. The van der Waals surface area contributed by atoms with Crippen LogP contribution in [0.25, 0.3) is 0 Å². The van der Waals surface area contributed by atoms with Gasteiger partial charge in [-0.25, -0.2) is 18.2 Å². The van der Waals surface area contributed by atoms with E-state index in [0.29, 0.717) is 29.1 Å². The van der Waals surface area contributed by atoms with E-state index < -0.39 is 43.3 Å². The topological polar surface area (TPSA) is 106 Å². The molecule has 3 aromatic rings. The van der Waals surface area contributed by atoms with E-state index in [1.54, 1.807) is 41.3 Å². The first-order chi connectivity index (χ1) is 18.6. The number of likely N-dealkylation sites (tertiary alicyclic amines) is 1. The lowest BCUT2D eigenvalue weighted by molar-refractivity contribution is -0.131. The number of benzene rings is 2. The molecule has 0 spiro atoms. The van der Waals surface area contributed by atoms with E-state index in [4.69, 9.17) is 5.26 Å². The van der Waals surface area contributed by atoms with Gasteiger partial charge < -0.3 is 15.1 Å². The number of rotatable bonds is 6. The molecular formula is C27H22F3N5O3S. The van der Waals surface area contributed by atoms with Gasteiger partial charge in [0.05, 0.1) is 24.2 Å². The van der Waals surface area contributed by atoms with Crippen molar-refractivity contribution < 1.29 is 27.6 Å². The zero-order valence-electron chi connectivity index (χ0n) is 20.5. The minimum Gasteiger partial charge on any atom is -0.342 e. The van der Waals surface area contributed by atoms with Crippen molar-refractivity contribution in [3.05, 3.63) is 86.6 Å². The molecule has 5 rings (SSSR count). The van der Waals surface area contributed by atoms with Gasteiger partial charge in [-0.3, -0.25) is 14.4 Å². The average Bonchev–Trinajstić information content (AvgIpc) is 3.64. The number of carbonyl (C=O) groups excluding carboxylic acids is 3. The molecule has 2 aromatic carbocycles. The summed E-state index contributed by atoms with van der Waals surface area (Å²) in [6.07, 6.45) is -0.321. The van der Waals surface area contributed by atoms with Crippen LogP contribution in [0.3, 0.4) is 0 Å². The molecule has 12 heteroatoms. The van der Waals surface area contributed by atoms with Crippen LogP contribution in [0.5, 0.6) is 0 Å². The summed E-state index contributed by atoms with van der Waals surface area (Å²) in [5.41, 5.74) is 2.76. The largest absolute Gasteiger partial charge is 0.342 e. The van der Waals surface area contributed by atoms with E-state index in [1.165, 1.54) is 22.8 Å². The van der Waals surface area contributed by atoms with Crippen molar-refractivity contribution >= 4 is 29.1 Å². The molecule has 0 aliphatic carbocycles. The number of carbonyl (C=O) groups is 3. The van der Waals surface area contributed by atoms with Gasteiger partial charge in [0.25, 0.3) is 17.7 Å². The van der Waals surface area contributed by atoms with Gasteiger partial charge in [0.1, 0.15) is 17.6 Å². The molecule has 39 heavy (non-hydrogen) atoms. The summed E-state index contributed by atoms with van der Waals surface area (Å²) in [5.74, 6) is -5.03. The highest BCUT2D eigenvalue weighted by Crippen LogP contribution is 2.31. The van der Waals surface area contributed by atoms with Crippen LogP contribution < -0.4 is 5.32 Å². The van der Waals surface area contributed by atoms with Crippen molar-refractivity contribution in [1.29, 1.82) is 5.26 Å². The van der Waals surface area contributed by atoms with E-state index in [0.717, 1.165) is 16.0 Å². The third-order valence-electron chi connectivity index (χ3n) is 6.69. The summed E-state index contributed by atoms with van der Waals surface area (Å²) in [5, 5.41) is 13.6. The Morgan fingerprint density at radius 2 is 1.92 bits per heavy atom. The molecule has 0 radical (unpaired) electrons. The molecule has 200 valence electrons. The molecule has 2 aliphatic heterocycles. The molecule has 0 bridgehead atoms. The van der Waals surface area contributed by atoms with Crippen LogP contribution >= 0.6 is 11.3 Å². The van der Waals surface area contributed by atoms with Crippen molar-refractivity contribution in [1.82, 2.24) is 20.1 Å². The molecule has 8 nitrogen and oxygen atoms in total. The van der Waals surface area contributed by atoms with Crippen LogP contribution in [-0.4, -0.2) is 57.6 Å². The lowest BCUT2D eigenvalue weighted by Gasteiger charge is -2.19. The Bertz CT molecular complexity index is 1480. The number of nitrogens with zero attached hydrogens (tertiary/aromatic N) is 4. The second-order valence-electron chi connectivity index (χ2n) is 9.45. The molecule has 1 aromatic heterocycles. The number of aromatic nitrogens is 1. The van der Waals surface area contributed by atoms with Crippen LogP contribution in [0.2, 0.25) is 0 Å². The zero-order valence-corrected chi connectivity index (χ0v) is 21.3. The Morgan fingerprint density at radius 3 is 2.64 bits per heavy atom. The van der Waals surface area contributed by atoms with Gasteiger partial charge in [0, 0.05) is 42.4 Å². The van der Waals surface area contributed by atoms with Gasteiger partial charge >= 0.3 is 0 Å². The van der Waals surface area contributed by atoms with Crippen molar-refractivity contribution in [2.24, 2.45) is 0 Å². The minimum atomic E-state index is -3.13. The summed E-state index contributed by atoms with van der Waals surface area (Å²) >= 11 is 1.24. The third-order valence-corrected chi connectivity index (χ3v) is 7.54. The first-order valence-corrected chi connectivity index (χ1v) is 13.0. The first kappa shape index (κ1) is 26.4. The number of alkyl halides is 2. The molecule has 1 fully saturated rings. The second kappa shape index (κ2) is 10.5. The van der Waals surface area contributed by atoms with E-state index in [-0.39, 0.29) is 24.0 Å². The molecule has 3 amide bonds. The predicted octanol–water partition coefficient (Wildman–Crippen LogP) is 3.52. The molecule has 2 aliphatic rings. The maximum Gasteiger partial charge on any atom is 0.271 e. The molecule has 1 N–H and O–H groups in total. The Hall–Kier alpha value is -4.24. The highest BCUT2D eigenvalue weighted by Gasteiger charge is 2.47. The Morgan fingerprint density at radius 1 is 1.15 bits per heavy atom. The number of thiazole rings is 1. The van der Waals surface area contributed by atoms with Crippen LogP contribution in [0.1, 0.15) is 49.0 Å². The number of halogens is 3. The Kier molecular flexibility index (Phi) is 7.10. The van der Waals surface area contributed by atoms with E-state index >= 15 is 0 Å². The number of hydrogen-bond donors (Lipinski definition) is 1. The quantitative estimate of drug-likeness (QED) is 0.503. The van der Waals surface area contributed by atoms with Crippen molar-refractivity contribution in [3.8, 4) is 6.07 Å². The molecule has 1 atom stereocenters. The van der Waals surface area contributed by atoms with Gasteiger partial charge in [0.15, 0.2) is 0 Å². The molecule has 0 unspecified atom stereocenters. The monoisotopic (exact) mass is 553 g/mol. The number of fused-ring (bicyclic) bond motifs is 1. The van der Waals surface area contributed by atoms with E-state index in [1.807, 2.05) is 6.07 Å². The summed E-state index contributed by atoms with van der Waals surface area (Å²) in [4.78, 5) is 44.3. The maximum atomic E-state index is 14.0. The summed E-state index contributed by atoms with van der Waals surface area (Å²) in [6, 6.07) is 12.3. The molecular weight excluding hydrogens is 531 g/mol. The van der Waals surface area contributed by atoms with Gasteiger partial charge in [-0.05, 0) is 29.3 Å². The SMILES string of the molecule is N#C[C@@H]1CC(F)(F)CN1C(=O)CNC(=O)c1csc(Cc2ccc(C(=O)N3Cc4cccc(F)c4C3)cc2)n1. The minimum absolute atomic E-state index is 0.0824. The van der Waals surface area contributed by atoms with E-state index in [9.17, 15) is 27.6 Å². The fourth-order valence-corrected chi connectivity index (χ4v) is 5.49. The molecule has 3 heterocycles.